The number of thiophene rings is 1. The van der Waals surface area contributed by atoms with E-state index in [1.165, 1.54) is 0 Å². The predicted octanol–water partition coefficient (Wildman–Crippen LogP) is 3.30. The summed E-state index contributed by atoms with van der Waals surface area (Å²) in [6.07, 6.45) is 3.12. The second-order valence-corrected chi connectivity index (χ2v) is 8.06. The van der Waals surface area contributed by atoms with Gasteiger partial charge in [-0.2, -0.15) is 4.74 Å². The molecule has 2 heterocycles. The molecule has 1 aromatic heterocycles. The molecule has 19 heavy (non-hydrogen) atoms. The van der Waals surface area contributed by atoms with E-state index in [0.29, 0.717) is 6.54 Å². The molecule has 3 nitrogen and oxygen atoms in total. The van der Waals surface area contributed by atoms with E-state index in [0.717, 1.165) is 13.9 Å². The van der Waals surface area contributed by atoms with Gasteiger partial charge in [0, 0.05) is 6.54 Å². The van der Waals surface area contributed by atoms with Gasteiger partial charge in [-0.15, -0.1) is 17.9 Å². The zero-order valence-corrected chi connectivity index (χ0v) is 13.4. The summed E-state index contributed by atoms with van der Waals surface area (Å²) < 4.78 is 1.53. The lowest BCUT2D eigenvalue weighted by Crippen LogP contribution is -2.47. The van der Waals surface area contributed by atoms with Crippen LogP contribution in [0.1, 0.15) is 18.7 Å². The summed E-state index contributed by atoms with van der Waals surface area (Å²) in [4.78, 5) is 2.89. The first-order chi connectivity index (χ1) is 8.95. The molecule has 1 aliphatic heterocycles. The zero-order chi connectivity index (χ0) is 14.0. The van der Waals surface area contributed by atoms with Crippen LogP contribution < -0.4 is 0 Å². The Balaban J connectivity index is 2.33. The molecule has 1 atom stereocenters. The van der Waals surface area contributed by atoms with Crippen LogP contribution in [0.3, 0.4) is 0 Å². The van der Waals surface area contributed by atoms with Crippen molar-refractivity contribution in [2.45, 2.75) is 24.8 Å². The minimum absolute atomic E-state index is 0.240. The maximum absolute atomic E-state index is 12.5. The molecule has 1 unspecified atom stereocenters. The molecule has 0 aromatic carbocycles. The van der Waals surface area contributed by atoms with Crippen LogP contribution in [0.5, 0.6) is 0 Å². The van der Waals surface area contributed by atoms with Gasteiger partial charge in [0.1, 0.15) is 9.07 Å². The van der Waals surface area contributed by atoms with Gasteiger partial charge in [0.15, 0.2) is 6.21 Å². The topological polar surface area (TPSA) is 29.3 Å². The minimum atomic E-state index is -0.301. The molecule has 1 fully saturated rings. The van der Waals surface area contributed by atoms with Gasteiger partial charge in [-0.05, 0) is 25.3 Å². The van der Waals surface area contributed by atoms with Crippen molar-refractivity contribution >= 4 is 45.9 Å². The third-order valence-corrected chi connectivity index (χ3v) is 5.30. The van der Waals surface area contributed by atoms with Crippen molar-refractivity contribution in [3.05, 3.63) is 40.3 Å². The Hall–Kier alpha value is -0.850. The Morgan fingerprint density at radius 1 is 1.63 bits per heavy atom. The number of rotatable bonds is 4. The quantitative estimate of drug-likeness (QED) is 0.213. The Morgan fingerprint density at radius 3 is 2.95 bits per heavy atom. The molecule has 0 saturated carbocycles. The summed E-state index contributed by atoms with van der Waals surface area (Å²) in [6.45, 7) is 8.42. The minimum Gasteiger partial charge on any atom is -0.622 e. The van der Waals surface area contributed by atoms with E-state index in [2.05, 4.69) is 6.58 Å². The van der Waals surface area contributed by atoms with Crippen LogP contribution in [0.15, 0.2) is 30.2 Å². The zero-order valence-electron chi connectivity index (χ0n) is 10.9. The monoisotopic (exact) mass is 312 g/mol. The Kier molecular flexibility index (Phi) is 4.32. The van der Waals surface area contributed by atoms with E-state index in [1.54, 1.807) is 35.4 Å². The summed E-state index contributed by atoms with van der Waals surface area (Å²) in [5, 5.41) is 14.4. The van der Waals surface area contributed by atoms with Gasteiger partial charge in [0.05, 0.1) is 4.88 Å². The van der Waals surface area contributed by atoms with E-state index in [9.17, 15) is 5.21 Å². The highest BCUT2D eigenvalue weighted by Gasteiger charge is 2.49. The molecule has 0 bridgehead atoms. The standard InChI is InChI=1S/C13H16N2OS3/c1-4-7-14-11(13(2,3)19-12(14)17)15(16)9-10-6-5-8-18-10/h4-6,8-9,11H,1,7H2,2-3H3. The van der Waals surface area contributed by atoms with Crippen LogP contribution in [0.2, 0.25) is 0 Å². The van der Waals surface area contributed by atoms with Gasteiger partial charge < -0.3 is 5.21 Å². The largest absolute Gasteiger partial charge is 0.622 e. The third kappa shape index (κ3) is 3.01. The number of thioether (sulfide) groups is 1. The first kappa shape index (κ1) is 14.6. The van der Waals surface area contributed by atoms with E-state index >= 15 is 0 Å². The normalized spacial score (nSPS) is 22.8. The van der Waals surface area contributed by atoms with Crippen LogP contribution in [0, 0.1) is 5.21 Å². The van der Waals surface area contributed by atoms with Crippen molar-refractivity contribution in [3.8, 4) is 0 Å². The maximum Gasteiger partial charge on any atom is 0.254 e. The average molecular weight is 312 g/mol. The van der Waals surface area contributed by atoms with E-state index in [1.807, 2.05) is 36.3 Å². The Morgan fingerprint density at radius 2 is 2.37 bits per heavy atom. The second-order valence-electron chi connectivity index (χ2n) is 4.79. The highest BCUT2D eigenvalue weighted by Crippen LogP contribution is 2.41. The number of hydrogen-bond acceptors (Lipinski definition) is 4. The fraction of sp³-hybridized carbons (Fsp3) is 0.385. The molecule has 1 aromatic rings. The fourth-order valence-corrected chi connectivity index (χ4v) is 4.66. The summed E-state index contributed by atoms with van der Waals surface area (Å²) in [7, 11) is 0. The fourth-order valence-electron chi connectivity index (χ4n) is 2.13. The van der Waals surface area contributed by atoms with Gasteiger partial charge in [-0.3, -0.25) is 4.90 Å². The number of hydrogen-bond donors (Lipinski definition) is 0. The molecule has 0 spiro atoms. The molecular formula is C13H16N2OS3. The van der Waals surface area contributed by atoms with Crippen LogP contribution in [0.25, 0.3) is 0 Å². The van der Waals surface area contributed by atoms with E-state index in [-0.39, 0.29) is 10.9 Å². The number of hydroxylamine groups is 1. The molecule has 102 valence electrons. The molecule has 1 aliphatic rings. The van der Waals surface area contributed by atoms with Crippen molar-refractivity contribution in [1.29, 1.82) is 0 Å². The molecule has 0 aliphatic carbocycles. The molecule has 6 heteroatoms. The lowest BCUT2D eigenvalue weighted by atomic mass is 10.1. The molecule has 1 saturated heterocycles. The number of nitrogens with zero attached hydrogens (tertiary/aromatic N) is 2. The van der Waals surface area contributed by atoms with Crippen molar-refractivity contribution in [3.63, 3.8) is 0 Å². The molecule has 0 amide bonds. The lowest BCUT2D eigenvalue weighted by Gasteiger charge is -2.28. The van der Waals surface area contributed by atoms with Crippen molar-refractivity contribution in [2.24, 2.45) is 0 Å². The summed E-state index contributed by atoms with van der Waals surface area (Å²) in [6, 6.07) is 3.87. The highest BCUT2D eigenvalue weighted by molar-refractivity contribution is 8.24. The van der Waals surface area contributed by atoms with Crippen molar-refractivity contribution < 1.29 is 4.74 Å². The van der Waals surface area contributed by atoms with Gasteiger partial charge in [-0.25, -0.2) is 0 Å². The Labute approximate surface area is 127 Å². The first-order valence-electron chi connectivity index (χ1n) is 5.90. The van der Waals surface area contributed by atoms with Gasteiger partial charge in [-0.1, -0.05) is 36.1 Å². The van der Waals surface area contributed by atoms with Crippen LogP contribution >= 0.6 is 35.3 Å². The van der Waals surface area contributed by atoms with Crippen molar-refractivity contribution in [1.82, 2.24) is 4.90 Å². The maximum atomic E-state index is 12.5. The molecule has 2 rings (SSSR count). The third-order valence-electron chi connectivity index (χ3n) is 2.87. The van der Waals surface area contributed by atoms with Crippen molar-refractivity contribution in [2.75, 3.05) is 6.54 Å². The van der Waals surface area contributed by atoms with E-state index < -0.39 is 0 Å². The highest BCUT2D eigenvalue weighted by atomic mass is 32.2. The number of thiocarbonyl (C=S) groups is 1. The predicted molar refractivity (Wildman–Crippen MR) is 88.1 cm³/mol. The second kappa shape index (κ2) is 5.64. The lowest BCUT2D eigenvalue weighted by molar-refractivity contribution is -0.523. The van der Waals surface area contributed by atoms with Gasteiger partial charge in [0.2, 0.25) is 0 Å². The van der Waals surface area contributed by atoms with Crippen LogP contribution in [-0.2, 0) is 0 Å². The van der Waals surface area contributed by atoms with Crippen LogP contribution in [-0.4, -0.2) is 37.6 Å². The van der Waals surface area contributed by atoms with E-state index in [4.69, 9.17) is 12.2 Å². The average Bonchev–Trinajstić information content (AvgIpc) is 2.86. The SMILES string of the molecule is C=CCN1C(=S)SC(C)(C)C1[N+]([O-])=Cc1cccs1. The molecular weight excluding hydrogens is 296 g/mol. The first-order valence-corrected chi connectivity index (χ1v) is 8.00. The Bertz CT molecular complexity index is 508. The summed E-state index contributed by atoms with van der Waals surface area (Å²) >= 11 is 8.48. The summed E-state index contributed by atoms with van der Waals surface area (Å²) in [5.41, 5.74) is 0. The van der Waals surface area contributed by atoms with Gasteiger partial charge in [0.25, 0.3) is 6.17 Å². The summed E-state index contributed by atoms with van der Waals surface area (Å²) in [5.74, 6) is 0. The van der Waals surface area contributed by atoms with Crippen LogP contribution in [0.4, 0.5) is 0 Å². The van der Waals surface area contributed by atoms with Gasteiger partial charge >= 0.3 is 0 Å². The molecule has 0 radical (unpaired) electrons. The smallest absolute Gasteiger partial charge is 0.254 e. The molecule has 0 N–H and O–H groups in total.